The van der Waals surface area contributed by atoms with Crippen molar-refractivity contribution in [2.45, 2.75) is 31.8 Å². The van der Waals surface area contributed by atoms with E-state index in [0.29, 0.717) is 6.54 Å². The molecule has 0 radical (unpaired) electrons. The van der Waals surface area contributed by atoms with Gasteiger partial charge in [-0.1, -0.05) is 30.3 Å². The fourth-order valence-electron chi connectivity index (χ4n) is 2.62. The SMILES string of the molecule is C[C@@H](Cc1ccsc1)NC(=O)NC[C@@H](Cc1ccccc1)N(C)C. The van der Waals surface area contributed by atoms with Crippen molar-refractivity contribution in [1.29, 1.82) is 0 Å². The monoisotopic (exact) mass is 345 g/mol. The van der Waals surface area contributed by atoms with Crippen molar-refractivity contribution in [3.8, 4) is 0 Å². The van der Waals surface area contributed by atoms with E-state index in [2.05, 4.69) is 44.5 Å². The summed E-state index contributed by atoms with van der Waals surface area (Å²) >= 11 is 1.68. The van der Waals surface area contributed by atoms with Gasteiger partial charge in [0.1, 0.15) is 0 Å². The predicted octanol–water partition coefficient (Wildman–Crippen LogP) is 3.15. The van der Waals surface area contributed by atoms with E-state index in [4.69, 9.17) is 0 Å². The standard InChI is InChI=1S/C19H27N3OS/c1-15(11-17-9-10-24-14-17)21-19(23)20-13-18(22(2)3)12-16-7-5-4-6-8-16/h4-10,14-15,18H,11-13H2,1-3H3,(H2,20,21,23)/t15-,18+/m0/s1. The highest BCUT2D eigenvalue weighted by Gasteiger charge is 2.14. The molecule has 0 saturated carbocycles. The predicted molar refractivity (Wildman–Crippen MR) is 102 cm³/mol. The molecule has 1 heterocycles. The molecule has 2 atom stereocenters. The molecule has 4 nitrogen and oxygen atoms in total. The van der Waals surface area contributed by atoms with Crippen molar-refractivity contribution in [3.63, 3.8) is 0 Å². The van der Waals surface area contributed by atoms with Crippen LogP contribution < -0.4 is 10.6 Å². The minimum absolute atomic E-state index is 0.0994. The molecule has 130 valence electrons. The molecule has 0 aliphatic rings. The van der Waals surface area contributed by atoms with Crippen LogP contribution in [0.15, 0.2) is 47.2 Å². The lowest BCUT2D eigenvalue weighted by Gasteiger charge is -2.25. The van der Waals surface area contributed by atoms with Gasteiger partial charge in [-0.05, 0) is 61.8 Å². The van der Waals surface area contributed by atoms with E-state index in [1.807, 2.05) is 39.2 Å². The Kier molecular flexibility index (Phi) is 7.28. The molecule has 0 saturated heterocycles. The fourth-order valence-corrected chi connectivity index (χ4v) is 3.30. The smallest absolute Gasteiger partial charge is 0.315 e. The van der Waals surface area contributed by atoms with E-state index < -0.39 is 0 Å². The minimum atomic E-state index is -0.0994. The zero-order chi connectivity index (χ0) is 17.4. The van der Waals surface area contributed by atoms with Crippen molar-refractivity contribution >= 4 is 17.4 Å². The third kappa shape index (κ3) is 6.34. The van der Waals surface area contributed by atoms with Crippen LogP contribution in [0.2, 0.25) is 0 Å². The van der Waals surface area contributed by atoms with Gasteiger partial charge >= 0.3 is 6.03 Å². The molecule has 5 heteroatoms. The third-order valence-electron chi connectivity index (χ3n) is 4.04. The normalized spacial score (nSPS) is 13.5. The van der Waals surface area contributed by atoms with Crippen LogP contribution in [-0.2, 0) is 12.8 Å². The molecule has 2 N–H and O–H groups in total. The first kappa shape index (κ1) is 18.5. The van der Waals surface area contributed by atoms with Crippen LogP contribution in [0, 0.1) is 0 Å². The lowest BCUT2D eigenvalue weighted by atomic mass is 10.1. The van der Waals surface area contributed by atoms with Crippen LogP contribution in [0.3, 0.4) is 0 Å². The molecule has 0 aliphatic heterocycles. The maximum atomic E-state index is 12.1. The number of benzene rings is 1. The average Bonchev–Trinajstić information content (AvgIpc) is 3.04. The summed E-state index contributed by atoms with van der Waals surface area (Å²) in [6, 6.07) is 12.8. The number of thiophene rings is 1. The number of carbonyl (C=O) groups excluding carboxylic acids is 1. The highest BCUT2D eigenvalue weighted by Crippen LogP contribution is 2.09. The first-order chi connectivity index (χ1) is 11.5. The maximum Gasteiger partial charge on any atom is 0.315 e. The molecule has 2 aromatic rings. The lowest BCUT2D eigenvalue weighted by Crippen LogP contribution is -2.47. The molecular formula is C19H27N3OS. The van der Waals surface area contributed by atoms with Crippen molar-refractivity contribution in [2.24, 2.45) is 0 Å². The van der Waals surface area contributed by atoms with Crippen LogP contribution in [0.5, 0.6) is 0 Å². The number of nitrogens with zero attached hydrogens (tertiary/aromatic N) is 1. The van der Waals surface area contributed by atoms with Crippen LogP contribution >= 0.6 is 11.3 Å². The Morgan fingerprint density at radius 2 is 1.88 bits per heavy atom. The van der Waals surface area contributed by atoms with Crippen molar-refractivity contribution in [3.05, 3.63) is 58.3 Å². The first-order valence-electron chi connectivity index (χ1n) is 8.30. The molecule has 0 fully saturated rings. The van der Waals surface area contributed by atoms with Gasteiger partial charge in [0.25, 0.3) is 0 Å². The maximum absolute atomic E-state index is 12.1. The van der Waals surface area contributed by atoms with Crippen LogP contribution in [-0.4, -0.2) is 43.7 Å². The summed E-state index contributed by atoms with van der Waals surface area (Å²) in [6.07, 6.45) is 1.77. The van der Waals surface area contributed by atoms with Crippen LogP contribution in [0.4, 0.5) is 4.79 Å². The van der Waals surface area contributed by atoms with Gasteiger partial charge in [0.05, 0.1) is 0 Å². The van der Waals surface area contributed by atoms with Gasteiger partial charge in [0, 0.05) is 18.6 Å². The summed E-state index contributed by atoms with van der Waals surface area (Å²) in [4.78, 5) is 14.3. The summed E-state index contributed by atoms with van der Waals surface area (Å²) in [5.74, 6) is 0. The molecular weight excluding hydrogens is 318 g/mol. The lowest BCUT2D eigenvalue weighted by molar-refractivity contribution is 0.229. The summed E-state index contributed by atoms with van der Waals surface area (Å²) in [7, 11) is 4.10. The number of likely N-dealkylation sites (N-methyl/N-ethyl adjacent to an activating group) is 1. The number of carbonyl (C=O) groups is 1. The topological polar surface area (TPSA) is 44.4 Å². The van der Waals surface area contributed by atoms with Gasteiger partial charge in [-0.25, -0.2) is 4.79 Å². The molecule has 1 aromatic carbocycles. The molecule has 24 heavy (non-hydrogen) atoms. The highest BCUT2D eigenvalue weighted by molar-refractivity contribution is 7.07. The highest BCUT2D eigenvalue weighted by atomic mass is 32.1. The van der Waals surface area contributed by atoms with E-state index in [1.54, 1.807) is 11.3 Å². The summed E-state index contributed by atoms with van der Waals surface area (Å²) in [6.45, 7) is 2.66. The number of hydrogen-bond donors (Lipinski definition) is 2. The average molecular weight is 346 g/mol. The van der Waals surface area contributed by atoms with E-state index in [1.165, 1.54) is 11.1 Å². The van der Waals surface area contributed by atoms with Gasteiger partial charge < -0.3 is 15.5 Å². The van der Waals surface area contributed by atoms with Crippen LogP contribution in [0.25, 0.3) is 0 Å². The molecule has 0 aliphatic carbocycles. The number of urea groups is 1. The number of hydrogen-bond acceptors (Lipinski definition) is 3. The Morgan fingerprint density at radius 3 is 2.50 bits per heavy atom. The fraction of sp³-hybridized carbons (Fsp3) is 0.421. The second-order valence-corrected chi connectivity index (χ2v) is 7.18. The van der Waals surface area contributed by atoms with E-state index in [-0.39, 0.29) is 18.1 Å². The number of nitrogens with one attached hydrogen (secondary N) is 2. The second kappa shape index (κ2) is 9.45. The largest absolute Gasteiger partial charge is 0.337 e. The van der Waals surface area contributed by atoms with Gasteiger partial charge in [-0.2, -0.15) is 11.3 Å². The van der Waals surface area contributed by atoms with E-state index >= 15 is 0 Å². The third-order valence-corrected chi connectivity index (χ3v) is 4.77. The van der Waals surface area contributed by atoms with E-state index in [9.17, 15) is 4.79 Å². The quantitative estimate of drug-likeness (QED) is 0.772. The Labute approximate surface area is 148 Å². The molecule has 1 aromatic heterocycles. The summed E-state index contributed by atoms with van der Waals surface area (Å²) in [5, 5.41) is 10.2. The molecule has 2 rings (SSSR count). The van der Waals surface area contributed by atoms with Gasteiger partial charge in [0.15, 0.2) is 0 Å². The van der Waals surface area contributed by atoms with Crippen molar-refractivity contribution in [1.82, 2.24) is 15.5 Å². The Balaban J connectivity index is 1.77. The van der Waals surface area contributed by atoms with Gasteiger partial charge in [-0.3, -0.25) is 0 Å². The molecule has 0 unspecified atom stereocenters. The van der Waals surface area contributed by atoms with Crippen molar-refractivity contribution in [2.75, 3.05) is 20.6 Å². The Bertz CT molecular complexity index is 598. The molecule has 0 bridgehead atoms. The zero-order valence-corrected chi connectivity index (χ0v) is 15.5. The summed E-state index contributed by atoms with van der Waals surface area (Å²) < 4.78 is 0. The van der Waals surface area contributed by atoms with Crippen LogP contribution in [0.1, 0.15) is 18.1 Å². The Hall–Kier alpha value is -1.85. The van der Waals surface area contributed by atoms with E-state index in [0.717, 1.165) is 12.8 Å². The molecule has 2 amide bonds. The Morgan fingerprint density at radius 1 is 1.12 bits per heavy atom. The first-order valence-corrected chi connectivity index (χ1v) is 9.24. The number of rotatable bonds is 8. The van der Waals surface area contributed by atoms with Gasteiger partial charge in [0.2, 0.25) is 0 Å². The second-order valence-electron chi connectivity index (χ2n) is 6.40. The minimum Gasteiger partial charge on any atom is -0.337 e. The number of amides is 2. The zero-order valence-electron chi connectivity index (χ0n) is 14.7. The summed E-state index contributed by atoms with van der Waals surface area (Å²) in [5.41, 5.74) is 2.55. The molecule has 0 spiro atoms. The van der Waals surface area contributed by atoms with Crippen molar-refractivity contribution < 1.29 is 4.79 Å². The van der Waals surface area contributed by atoms with Gasteiger partial charge in [-0.15, -0.1) is 0 Å².